The van der Waals surface area contributed by atoms with Crippen LogP contribution in [0, 0.1) is 0 Å². The Kier molecular flexibility index (Phi) is 4.07. The predicted molar refractivity (Wildman–Crippen MR) is 53.1 cm³/mol. The fourth-order valence-corrected chi connectivity index (χ4v) is 1.38. The summed E-state index contributed by atoms with van der Waals surface area (Å²) in [7, 11) is 1.57. The third-order valence-corrected chi connectivity index (χ3v) is 2.07. The minimum atomic E-state index is -2.37. The van der Waals surface area contributed by atoms with Crippen LogP contribution < -0.4 is 4.90 Å². The molecular weight excluding hydrogens is 210 g/mol. The van der Waals surface area contributed by atoms with Gasteiger partial charge < -0.3 is 4.90 Å². The Bertz CT molecular complexity index is 294. The summed E-state index contributed by atoms with van der Waals surface area (Å²) in [6.07, 6.45) is -0.807. The van der Waals surface area contributed by atoms with Crippen LogP contribution in [0.5, 0.6) is 0 Å². The predicted octanol–water partition coefficient (Wildman–Crippen LogP) is 2.52. The van der Waals surface area contributed by atoms with Crippen LogP contribution in [0.3, 0.4) is 0 Å². The Morgan fingerprint density at radius 1 is 1.57 bits per heavy atom. The lowest BCUT2D eigenvalue weighted by Crippen LogP contribution is -2.25. The monoisotopic (exact) mass is 220 g/mol. The van der Waals surface area contributed by atoms with Gasteiger partial charge in [0.2, 0.25) is 0 Å². The van der Waals surface area contributed by atoms with Gasteiger partial charge in [-0.1, -0.05) is 6.07 Å². The third kappa shape index (κ3) is 2.80. The summed E-state index contributed by atoms with van der Waals surface area (Å²) in [6, 6.07) is 3.51. The zero-order chi connectivity index (χ0) is 10.6. The average molecular weight is 221 g/mol. The molecule has 1 aromatic heterocycles. The van der Waals surface area contributed by atoms with Crippen LogP contribution >= 0.6 is 11.6 Å². The molecule has 0 aliphatic carbocycles. The molecule has 0 atom stereocenters. The minimum absolute atomic E-state index is 0.275. The van der Waals surface area contributed by atoms with E-state index in [-0.39, 0.29) is 12.4 Å². The first-order chi connectivity index (χ1) is 6.65. The van der Waals surface area contributed by atoms with Crippen molar-refractivity contribution < 1.29 is 8.78 Å². The van der Waals surface area contributed by atoms with E-state index in [1.807, 2.05) is 0 Å². The molecule has 0 spiro atoms. The molecular formula is C9H11ClF2N2. The zero-order valence-electron chi connectivity index (χ0n) is 7.75. The highest BCUT2D eigenvalue weighted by Crippen LogP contribution is 2.18. The third-order valence-electron chi connectivity index (χ3n) is 1.78. The largest absolute Gasteiger partial charge is 0.354 e. The van der Waals surface area contributed by atoms with Crippen molar-refractivity contribution in [3.63, 3.8) is 0 Å². The first-order valence-electron chi connectivity index (χ1n) is 4.14. The number of anilines is 1. The lowest BCUT2D eigenvalue weighted by Gasteiger charge is -2.19. The average Bonchev–Trinajstić information content (AvgIpc) is 2.16. The fraction of sp³-hybridized carbons (Fsp3) is 0.444. The maximum atomic E-state index is 12.1. The van der Waals surface area contributed by atoms with E-state index in [0.717, 1.165) is 5.56 Å². The van der Waals surface area contributed by atoms with E-state index in [2.05, 4.69) is 4.98 Å². The molecule has 1 heterocycles. The van der Waals surface area contributed by atoms with Gasteiger partial charge in [0.1, 0.15) is 5.82 Å². The number of rotatable bonds is 4. The molecule has 0 aliphatic rings. The number of hydrogen-bond acceptors (Lipinski definition) is 2. The summed E-state index contributed by atoms with van der Waals surface area (Å²) in [4.78, 5) is 5.42. The van der Waals surface area contributed by atoms with E-state index in [0.29, 0.717) is 5.82 Å². The van der Waals surface area contributed by atoms with Crippen LogP contribution in [0.4, 0.5) is 14.6 Å². The molecule has 0 unspecified atom stereocenters. The molecule has 14 heavy (non-hydrogen) atoms. The van der Waals surface area contributed by atoms with E-state index < -0.39 is 6.43 Å². The summed E-state index contributed by atoms with van der Waals surface area (Å²) >= 11 is 5.66. The highest BCUT2D eigenvalue weighted by Gasteiger charge is 2.12. The van der Waals surface area contributed by atoms with Crippen LogP contribution in [0.15, 0.2) is 18.3 Å². The number of pyridine rings is 1. The van der Waals surface area contributed by atoms with Gasteiger partial charge in [0.05, 0.1) is 12.4 Å². The van der Waals surface area contributed by atoms with Gasteiger partial charge in [0, 0.05) is 18.8 Å². The molecule has 0 saturated carbocycles. The van der Waals surface area contributed by atoms with Gasteiger partial charge in [-0.25, -0.2) is 13.8 Å². The summed E-state index contributed by atoms with van der Waals surface area (Å²) < 4.78 is 24.2. The first kappa shape index (κ1) is 11.2. The van der Waals surface area contributed by atoms with Gasteiger partial charge in [-0.15, -0.1) is 11.6 Å². The number of aromatic nitrogens is 1. The lowest BCUT2D eigenvalue weighted by atomic mass is 10.3. The van der Waals surface area contributed by atoms with Crippen molar-refractivity contribution >= 4 is 17.4 Å². The van der Waals surface area contributed by atoms with E-state index in [9.17, 15) is 8.78 Å². The lowest BCUT2D eigenvalue weighted by molar-refractivity contribution is 0.156. The van der Waals surface area contributed by atoms with Crippen molar-refractivity contribution in [2.45, 2.75) is 12.3 Å². The van der Waals surface area contributed by atoms with Crippen molar-refractivity contribution in [1.29, 1.82) is 0 Å². The van der Waals surface area contributed by atoms with Gasteiger partial charge in [0.15, 0.2) is 0 Å². The molecule has 0 saturated heterocycles. The highest BCUT2D eigenvalue weighted by atomic mass is 35.5. The standard InChI is InChI=1S/C9H11ClF2N2/c1-14(6-8(11)12)9-7(5-10)3-2-4-13-9/h2-4,8H,5-6H2,1H3. The first-order valence-corrected chi connectivity index (χ1v) is 4.67. The van der Waals surface area contributed by atoms with E-state index in [4.69, 9.17) is 11.6 Å². The quantitative estimate of drug-likeness (QED) is 0.725. The summed E-state index contributed by atoms with van der Waals surface area (Å²) in [5.74, 6) is 0.791. The molecule has 0 amide bonds. The minimum Gasteiger partial charge on any atom is -0.354 e. The van der Waals surface area contributed by atoms with Crippen molar-refractivity contribution in [1.82, 2.24) is 4.98 Å². The number of nitrogens with zero attached hydrogens (tertiary/aromatic N) is 2. The summed E-state index contributed by atoms with van der Waals surface area (Å²) in [5, 5.41) is 0. The molecule has 2 nitrogen and oxygen atoms in total. The Hall–Kier alpha value is -0.900. The number of halogens is 3. The molecule has 0 aromatic carbocycles. The molecule has 0 radical (unpaired) electrons. The van der Waals surface area contributed by atoms with Crippen LogP contribution in [0.2, 0.25) is 0 Å². The van der Waals surface area contributed by atoms with E-state index in [1.165, 1.54) is 4.90 Å². The zero-order valence-corrected chi connectivity index (χ0v) is 8.51. The molecule has 1 rings (SSSR count). The Balaban J connectivity index is 2.82. The van der Waals surface area contributed by atoms with E-state index >= 15 is 0 Å². The molecule has 0 N–H and O–H groups in total. The molecule has 0 bridgehead atoms. The molecule has 1 aromatic rings. The molecule has 5 heteroatoms. The summed E-state index contributed by atoms with van der Waals surface area (Å²) in [5.41, 5.74) is 0.761. The Labute approximate surface area is 86.5 Å². The maximum Gasteiger partial charge on any atom is 0.255 e. The maximum absolute atomic E-state index is 12.1. The van der Waals surface area contributed by atoms with Crippen LogP contribution in [0.1, 0.15) is 5.56 Å². The number of alkyl halides is 3. The van der Waals surface area contributed by atoms with Crippen LogP contribution in [0.25, 0.3) is 0 Å². The second kappa shape index (κ2) is 5.10. The number of hydrogen-bond donors (Lipinski definition) is 0. The van der Waals surface area contributed by atoms with Crippen LogP contribution in [-0.4, -0.2) is 25.0 Å². The second-order valence-corrected chi connectivity index (χ2v) is 3.16. The molecule has 78 valence electrons. The van der Waals surface area contributed by atoms with Gasteiger partial charge >= 0.3 is 0 Å². The van der Waals surface area contributed by atoms with Crippen molar-refractivity contribution in [2.24, 2.45) is 0 Å². The van der Waals surface area contributed by atoms with Crippen molar-refractivity contribution in [3.8, 4) is 0 Å². The molecule has 0 fully saturated rings. The van der Waals surface area contributed by atoms with E-state index in [1.54, 1.807) is 25.4 Å². The highest BCUT2D eigenvalue weighted by molar-refractivity contribution is 6.17. The fourth-order valence-electron chi connectivity index (χ4n) is 1.17. The van der Waals surface area contributed by atoms with Gasteiger partial charge in [0.25, 0.3) is 6.43 Å². The summed E-state index contributed by atoms with van der Waals surface area (Å²) in [6.45, 7) is -0.332. The van der Waals surface area contributed by atoms with Gasteiger partial charge in [-0.3, -0.25) is 0 Å². The molecule has 0 aliphatic heterocycles. The van der Waals surface area contributed by atoms with Crippen LogP contribution in [-0.2, 0) is 5.88 Å². The Morgan fingerprint density at radius 2 is 2.29 bits per heavy atom. The van der Waals surface area contributed by atoms with Gasteiger partial charge in [-0.05, 0) is 6.07 Å². The topological polar surface area (TPSA) is 16.1 Å². The normalized spacial score (nSPS) is 10.6. The van der Waals surface area contributed by atoms with Crippen molar-refractivity contribution in [2.75, 3.05) is 18.5 Å². The second-order valence-electron chi connectivity index (χ2n) is 2.89. The van der Waals surface area contributed by atoms with Crippen molar-refractivity contribution in [3.05, 3.63) is 23.9 Å². The SMILES string of the molecule is CN(CC(F)F)c1ncccc1CCl. The smallest absolute Gasteiger partial charge is 0.255 e. The Morgan fingerprint density at radius 3 is 2.86 bits per heavy atom. The van der Waals surface area contributed by atoms with Gasteiger partial charge in [-0.2, -0.15) is 0 Å².